The van der Waals surface area contributed by atoms with E-state index in [2.05, 4.69) is 4.90 Å². The standard InChI is InChI=1S/C16H19FN2/c1-12(18)15-8-3-4-9-16(15)19(2)11-13-6-5-7-14(17)10-13/h3-10,12H,11,18H2,1-2H3/t12-/m0/s1. The van der Waals surface area contributed by atoms with Gasteiger partial charge in [-0.05, 0) is 36.2 Å². The molecule has 100 valence electrons. The Morgan fingerprint density at radius 2 is 1.89 bits per heavy atom. The summed E-state index contributed by atoms with van der Waals surface area (Å²) in [5, 5.41) is 0. The molecule has 0 radical (unpaired) electrons. The summed E-state index contributed by atoms with van der Waals surface area (Å²) in [7, 11) is 1.99. The largest absolute Gasteiger partial charge is 0.370 e. The predicted octanol–water partition coefficient (Wildman–Crippen LogP) is 3.48. The molecule has 0 aliphatic carbocycles. The van der Waals surface area contributed by atoms with Gasteiger partial charge < -0.3 is 10.6 Å². The number of para-hydroxylation sites is 1. The predicted molar refractivity (Wildman–Crippen MR) is 77.6 cm³/mol. The first-order valence-electron chi connectivity index (χ1n) is 6.38. The highest BCUT2D eigenvalue weighted by Crippen LogP contribution is 2.25. The first-order chi connectivity index (χ1) is 9.08. The van der Waals surface area contributed by atoms with Crippen LogP contribution in [0, 0.1) is 5.82 Å². The zero-order valence-corrected chi connectivity index (χ0v) is 11.3. The number of benzene rings is 2. The Labute approximate surface area is 113 Å². The summed E-state index contributed by atoms with van der Waals surface area (Å²) in [5.41, 5.74) is 9.11. The molecule has 1 atom stereocenters. The Hall–Kier alpha value is -1.87. The second-order valence-corrected chi connectivity index (χ2v) is 4.83. The van der Waals surface area contributed by atoms with Crippen molar-refractivity contribution in [2.75, 3.05) is 11.9 Å². The number of anilines is 1. The fraction of sp³-hybridized carbons (Fsp3) is 0.250. The van der Waals surface area contributed by atoms with E-state index in [1.54, 1.807) is 12.1 Å². The van der Waals surface area contributed by atoms with E-state index in [-0.39, 0.29) is 11.9 Å². The highest BCUT2D eigenvalue weighted by molar-refractivity contribution is 5.54. The van der Waals surface area contributed by atoms with Crippen molar-refractivity contribution in [2.24, 2.45) is 5.73 Å². The van der Waals surface area contributed by atoms with Gasteiger partial charge in [0.1, 0.15) is 5.82 Å². The lowest BCUT2D eigenvalue weighted by atomic mass is 10.1. The van der Waals surface area contributed by atoms with Crippen molar-refractivity contribution in [1.29, 1.82) is 0 Å². The maximum atomic E-state index is 13.2. The monoisotopic (exact) mass is 258 g/mol. The van der Waals surface area contributed by atoms with Crippen LogP contribution in [0.25, 0.3) is 0 Å². The van der Waals surface area contributed by atoms with Gasteiger partial charge in [0.2, 0.25) is 0 Å². The van der Waals surface area contributed by atoms with Gasteiger partial charge in [0, 0.05) is 25.3 Å². The molecule has 2 aromatic carbocycles. The fourth-order valence-corrected chi connectivity index (χ4v) is 2.21. The van der Waals surface area contributed by atoms with E-state index < -0.39 is 0 Å². The molecular formula is C16H19FN2. The summed E-state index contributed by atoms with van der Waals surface area (Å²) in [6.07, 6.45) is 0. The van der Waals surface area contributed by atoms with Crippen LogP contribution in [0.15, 0.2) is 48.5 Å². The van der Waals surface area contributed by atoms with Gasteiger partial charge in [0.05, 0.1) is 0 Å². The summed E-state index contributed by atoms with van der Waals surface area (Å²) >= 11 is 0. The van der Waals surface area contributed by atoms with Crippen molar-refractivity contribution in [3.05, 3.63) is 65.5 Å². The zero-order valence-electron chi connectivity index (χ0n) is 11.3. The van der Waals surface area contributed by atoms with Crippen LogP contribution in [-0.2, 0) is 6.54 Å². The maximum absolute atomic E-state index is 13.2. The van der Waals surface area contributed by atoms with Gasteiger partial charge in [-0.15, -0.1) is 0 Å². The average molecular weight is 258 g/mol. The number of halogens is 1. The van der Waals surface area contributed by atoms with Gasteiger partial charge in [0.15, 0.2) is 0 Å². The van der Waals surface area contributed by atoms with Crippen LogP contribution in [0.2, 0.25) is 0 Å². The molecule has 3 heteroatoms. The molecule has 0 bridgehead atoms. The Kier molecular flexibility index (Phi) is 4.17. The fourth-order valence-electron chi connectivity index (χ4n) is 2.21. The molecule has 0 heterocycles. The van der Waals surface area contributed by atoms with Crippen LogP contribution in [0.1, 0.15) is 24.1 Å². The lowest BCUT2D eigenvalue weighted by Gasteiger charge is -2.24. The van der Waals surface area contributed by atoms with E-state index in [9.17, 15) is 4.39 Å². The Morgan fingerprint density at radius 1 is 1.16 bits per heavy atom. The molecule has 2 aromatic rings. The SMILES string of the molecule is C[C@H](N)c1ccccc1N(C)Cc1cccc(F)c1. The lowest BCUT2D eigenvalue weighted by molar-refractivity contribution is 0.625. The Bertz CT molecular complexity index is 552. The van der Waals surface area contributed by atoms with Gasteiger partial charge >= 0.3 is 0 Å². The minimum atomic E-state index is -0.202. The molecule has 0 aromatic heterocycles. The third-order valence-corrected chi connectivity index (χ3v) is 3.15. The number of hydrogen-bond donors (Lipinski definition) is 1. The minimum absolute atomic E-state index is 0.0221. The molecule has 0 unspecified atom stereocenters. The second kappa shape index (κ2) is 5.85. The smallest absolute Gasteiger partial charge is 0.123 e. The van der Waals surface area contributed by atoms with Crippen LogP contribution in [0.3, 0.4) is 0 Å². The van der Waals surface area contributed by atoms with Gasteiger partial charge in [-0.1, -0.05) is 30.3 Å². The number of rotatable bonds is 4. The molecule has 2 N–H and O–H groups in total. The second-order valence-electron chi connectivity index (χ2n) is 4.83. The first kappa shape index (κ1) is 13.6. The molecule has 0 amide bonds. The van der Waals surface area contributed by atoms with Crippen molar-refractivity contribution >= 4 is 5.69 Å². The van der Waals surface area contributed by atoms with E-state index in [0.29, 0.717) is 6.54 Å². The molecular weight excluding hydrogens is 239 g/mol. The highest BCUT2D eigenvalue weighted by atomic mass is 19.1. The summed E-state index contributed by atoms with van der Waals surface area (Å²) in [4.78, 5) is 2.09. The van der Waals surface area contributed by atoms with Crippen molar-refractivity contribution in [1.82, 2.24) is 0 Å². The lowest BCUT2D eigenvalue weighted by Crippen LogP contribution is -2.20. The van der Waals surface area contributed by atoms with Gasteiger partial charge in [0.25, 0.3) is 0 Å². The molecule has 0 aliphatic heterocycles. The van der Waals surface area contributed by atoms with E-state index >= 15 is 0 Å². The van der Waals surface area contributed by atoms with E-state index in [1.165, 1.54) is 6.07 Å². The van der Waals surface area contributed by atoms with Crippen LogP contribution >= 0.6 is 0 Å². The van der Waals surface area contributed by atoms with Crippen molar-refractivity contribution < 1.29 is 4.39 Å². The summed E-state index contributed by atoms with van der Waals surface area (Å²) in [5.74, 6) is -0.202. The Morgan fingerprint density at radius 3 is 2.58 bits per heavy atom. The van der Waals surface area contributed by atoms with Gasteiger partial charge in [-0.2, -0.15) is 0 Å². The number of nitrogens with zero attached hydrogens (tertiary/aromatic N) is 1. The molecule has 0 fully saturated rings. The molecule has 0 aliphatic rings. The van der Waals surface area contributed by atoms with Crippen molar-refractivity contribution in [3.63, 3.8) is 0 Å². The normalized spacial score (nSPS) is 12.2. The van der Waals surface area contributed by atoms with E-state index in [1.807, 2.05) is 44.3 Å². The number of hydrogen-bond acceptors (Lipinski definition) is 2. The van der Waals surface area contributed by atoms with Gasteiger partial charge in [-0.25, -0.2) is 4.39 Å². The molecule has 2 nitrogen and oxygen atoms in total. The topological polar surface area (TPSA) is 29.3 Å². The molecule has 19 heavy (non-hydrogen) atoms. The Balaban J connectivity index is 2.23. The molecule has 0 spiro atoms. The van der Waals surface area contributed by atoms with Crippen LogP contribution in [0.5, 0.6) is 0 Å². The summed E-state index contributed by atoms with van der Waals surface area (Å²) in [6.45, 7) is 2.62. The third-order valence-electron chi connectivity index (χ3n) is 3.15. The van der Waals surface area contributed by atoms with Crippen LogP contribution in [0.4, 0.5) is 10.1 Å². The molecule has 0 saturated carbocycles. The van der Waals surface area contributed by atoms with E-state index in [4.69, 9.17) is 5.73 Å². The average Bonchev–Trinajstić information content (AvgIpc) is 2.38. The molecule has 2 rings (SSSR count). The van der Waals surface area contributed by atoms with Crippen molar-refractivity contribution in [2.45, 2.75) is 19.5 Å². The quantitative estimate of drug-likeness (QED) is 0.909. The van der Waals surface area contributed by atoms with E-state index in [0.717, 1.165) is 16.8 Å². The summed E-state index contributed by atoms with van der Waals surface area (Å²) < 4.78 is 13.2. The highest BCUT2D eigenvalue weighted by Gasteiger charge is 2.10. The first-order valence-corrected chi connectivity index (χ1v) is 6.38. The maximum Gasteiger partial charge on any atom is 0.123 e. The third kappa shape index (κ3) is 3.32. The zero-order chi connectivity index (χ0) is 13.8. The summed E-state index contributed by atoms with van der Waals surface area (Å²) in [6, 6.07) is 14.7. The van der Waals surface area contributed by atoms with Crippen LogP contribution in [-0.4, -0.2) is 7.05 Å². The minimum Gasteiger partial charge on any atom is -0.370 e. The number of nitrogens with two attached hydrogens (primary N) is 1. The molecule has 0 saturated heterocycles. The van der Waals surface area contributed by atoms with Gasteiger partial charge in [-0.3, -0.25) is 0 Å². The van der Waals surface area contributed by atoms with Crippen molar-refractivity contribution in [3.8, 4) is 0 Å². The van der Waals surface area contributed by atoms with Crippen LogP contribution < -0.4 is 10.6 Å².